The highest BCUT2D eigenvalue weighted by atomic mass is 16.2. The highest BCUT2D eigenvalue weighted by Crippen LogP contribution is 2.40. The van der Waals surface area contributed by atoms with Gasteiger partial charge in [0.1, 0.15) is 0 Å². The second-order valence-corrected chi connectivity index (χ2v) is 10.6. The SMILES string of the molecule is Cc1ccccc1CC(=O)Nc1ccc(C2CCCC(c3ccc(NC(=O)Cc4ccccc4C)nn3)C2)nn1. The molecule has 2 atom stereocenters. The number of hydrogen-bond acceptors (Lipinski definition) is 6. The average molecular weight is 535 g/mol. The highest BCUT2D eigenvalue weighted by Gasteiger charge is 2.27. The van der Waals surface area contributed by atoms with E-state index in [0.717, 1.165) is 59.3 Å². The van der Waals surface area contributed by atoms with Gasteiger partial charge in [-0.3, -0.25) is 9.59 Å². The Labute approximate surface area is 234 Å². The summed E-state index contributed by atoms with van der Waals surface area (Å²) in [6, 6.07) is 23.3. The van der Waals surface area contributed by atoms with E-state index in [1.54, 1.807) is 0 Å². The Bertz CT molecular complexity index is 1360. The second-order valence-electron chi connectivity index (χ2n) is 10.6. The second kappa shape index (κ2) is 12.6. The number of rotatable bonds is 8. The van der Waals surface area contributed by atoms with Crippen molar-refractivity contribution in [1.82, 2.24) is 20.4 Å². The number of amides is 2. The number of carbonyl (C=O) groups is 2. The van der Waals surface area contributed by atoms with Crippen LogP contribution in [0.1, 0.15) is 71.2 Å². The molecule has 2 unspecified atom stereocenters. The van der Waals surface area contributed by atoms with Crippen molar-refractivity contribution in [1.29, 1.82) is 0 Å². The van der Waals surface area contributed by atoms with Crippen molar-refractivity contribution in [2.75, 3.05) is 10.6 Å². The molecule has 2 heterocycles. The number of nitrogens with one attached hydrogen (secondary N) is 2. The van der Waals surface area contributed by atoms with Gasteiger partial charge in [-0.2, -0.15) is 10.2 Å². The quantitative estimate of drug-likeness (QED) is 0.301. The average Bonchev–Trinajstić information content (AvgIpc) is 2.96. The molecule has 0 aliphatic heterocycles. The van der Waals surface area contributed by atoms with E-state index in [1.165, 1.54) is 0 Å². The van der Waals surface area contributed by atoms with Crippen molar-refractivity contribution in [3.8, 4) is 0 Å². The van der Waals surface area contributed by atoms with Gasteiger partial charge in [-0.05, 0) is 79.6 Å². The summed E-state index contributed by atoms with van der Waals surface area (Å²) in [5.41, 5.74) is 6.03. The Hall–Kier alpha value is -4.46. The Kier molecular flexibility index (Phi) is 8.54. The first-order chi connectivity index (χ1) is 19.4. The lowest BCUT2D eigenvalue weighted by Gasteiger charge is -2.28. The molecule has 0 spiro atoms. The fraction of sp³-hybridized carbons (Fsp3) is 0.312. The molecule has 2 N–H and O–H groups in total. The van der Waals surface area contributed by atoms with Crippen molar-refractivity contribution in [3.05, 3.63) is 106 Å². The Morgan fingerprint density at radius 1 is 0.650 bits per heavy atom. The number of benzene rings is 2. The largest absolute Gasteiger partial charge is 0.309 e. The Morgan fingerprint density at radius 3 is 1.50 bits per heavy atom. The van der Waals surface area contributed by atoms with E-state index >= 15 is 0 Å². The fourth-order valence-electron chi connectivity index (χ4n) is 5.32. The van der Waals surface area contributed by atoms with Gasteiger partial charge in [0.2, 0.25) is 11.8 Å². The summed E-state index contributed by atoms with van der Waals surface area (Å²) in [6.45, 7) is 4.00. The molecule has 2 amide bonds. The molecular formula is C32H34N6O2. The zero-order valence-corrected chi connectivity index (χ0v) is 22.9. The van der Waals surface area contributed by atoms with Crippen LogP contribution in [0.4, 0.5) is 11.6 Å². The van der Waals surface area contributed by atoms with Crippen molar-refractivity contribution < 1.29 is 9.59 Å². The number of nitrogens with zero attached hydrogens (tertiary/aromatic N) is 4. The van der Waals surface area contributed by atoms with Gasteiger partial charge in [-0.1, -0.05) is 55.0 Å². The predicted octanol–water partition coefficient (Wildman–Crippen LogP) is 5.69. The van der Waals surface area contributed by atoms with E-state index in [9.17, 15) is 9.59 Å². The van der Waals surface area contributed by atoms with Crippen molar-refractivity contribution in [2.24, 2.45) is 0 Å². The Balaban J connectivity index is 1.15. The summed E-state index contributed by atoms with van der Waals surface area (Å²) in [4.78, 5) is 25.0. The molecule has 8 nitrogen and oxygen atoms in total. The molecule has 1 saturated carbocycles. The fourth-order valence-corrected chi connectivity index (χ4v) is 5.32. The van der Waals surface area contributed by atoms with Crippen LogP contribution in [-0.4, -0.2) is 32.2 Å². The summed E-state index contributed by atoms with van der Waals surface area (Å²) in [5.74, 6) is 1.22. The summed E-state index contributed by atoms with van der Waals surface area (Å²) >= 11 is 0. The molecular weight excluding hydrogens is 500 g/mol. The molecule has 0 radical (unpaired) electrons. The summed E-state index contributed by atoms with van der Waals surface area (Å²) in [6.07, 6.45) is 4.63. The van der Waals surface area contributed by atoms with Crippen LogP contribution >= 0.6 is 0 Å². The molecule has 0 bridgehead atoms. The molecule has 2 aromatic carbocycles. The normalized spacial score (nSPS) is 16.8. The van der Waals surface area contributed by atoms with Gasteiger partial charge in [-0.15, -0.1) is 10.2 Å². The van der Waals surface area contributed by atoms with Gasteiger partial charge in [-0.25, -0.2) is 0 Å². The van der Waals surface area contributed by atoms with E-state index in [1.807, 2.05) is 86.6 Å². The molecule has 5 rings (SSSR count). The zero-order chi connectivity index (χ0) is 27.9. The molecule has 8 heteroatoms. The number of anilines is 2. The number of hydrogen-bond donors (Lipinski definition) is 2. The van der Waals surface area contributed by atoms with Crippen molar-refractivity contribution in [3.63, 3.8) is 0 Å². The van der Waals surface area contributed by atoms with Crippen LogP contribution in [0.3, 0.4) is 0 Å². The summed E-state index contributed by atoms with van der Waals surface area (Å²) < 4.78 is 0. The van der Waals surface area contributed by atoms with Crippen LogP contribution < -0.4 is 10.6 Å². The zero-order valence-electron chi connectivity index (χ0n) is 22.9. The minimum atomic E-state index is -0.109. The number of aromatic nitrogens is 4. The third kappa shape index (κ3) is 6.94. The minimum absolute atomic E-state index is 0.109. The lowest BCUT2D eigenvalue weighted by molar-refractivity contribution is -0.116. The van der Waals surface area contributed by atoms with Crippen molar-refractivity contribution >= 4 is 23.5 Å². The first-order valence-electron chi connectivity index (χ1n) is 13.8. The molecule has 2 aromatic heterocycles. The lowest BCUT2D eigenvalue weighted by atomic mass is 9.78. The van der Waals surface area contributed by atoms with Crippen LogP contribution in [0.25, 0.3) is 0 Å². The molecule has 1 aliphatic carbocycles. The van der Waals surface area contributed by atoms with Gasteiger partial charge < -0.3 is 10.6 Å². The molecule has 204 valence electrons. The monoisotopic (exact) mass is 534 g/mol. The molecule has 40 heavy (non-hydrogen) atoms. The predicted molar refractivity (Wildman–Crippen MR) is 155 cm³/mol. The summed E-state index contributed by atoms with van der Waals surface area (Å²) in [7, 11) is 0. The number of aryl methyl sites for hydroxylation is 2. The standard InChI is InChI=1S/C32H34N6O2/c1-21-8-3-5-10-23(21)19-31(39)33-29-16-14-27(35-37-29)25-12-7-13-26(18-25)28-15-17-30(38-36-28)34-32(40)20-24-11-6-4-9-22(24)2/h3-6,8-11,14-17,25-26H,7,12-13,18-20H2,1-2H3,(H,33,37,39)(H,34,38,40). The summed E-state index contributed by atoms with van der Waals surface area (Å²) in [5, 5.41) is 23.2. The highest BCUT2D eigenvalue weighted by molar-refractivity contribution is 5.92. The van der Waals surface area contributed by atoms with E-state index < -0.39 is 0 Å². The van der Waals surface area contributed by atoms with E-state index in [-0.39, 0.29) is 23.7 Å². The third-order valence-electron chi connectivity index (χ3n) is 7.64. The van der Waals surface area contributed by atoms with E-state index in [4.69, 9.17) is 0 Å². The van der Waals surface area contributed by atoms with Crippen LogP contribution in [-0.2, 0) is 22.4 Å². The minimum Gasteiger partial charge on any atom is -0.309 e. The van der Waals surface area contributed by atoms with Crippen LogP contribution in [0.15, 0.2) is 72.8 Å². The van der Waals surface area contributed by atoms with Gasteiger partial charge in [0.15, 0.2) is 11.6 Å². The maximum Gasteiger partial charge on any atom is 0.230 e. The van der Waals surface area contributed by atoms with Gasteiger partial charge >= 0.3 is 0 Å². The molecule has 1 fully saturated rings. The van der Waals surface area contributed by atoms with Gasteiger partial charge in [0, 0.05) is 11.8 Å². The maximum absolute atomic E-state index is 12.5. The van der Waals surface area contributed by atoms with Crippen LogP contribution in [0.2, 0.25) is 0 Å². The molecule has 1 aliphatic rings. The van der Waals surface area contributed by atoms with Crippen molar-refractivity contribution in [2.45, 2.75) is 64.2 Å². The van der Waals surface area contributed by atoms with Crippen LogP contribution in [0, 0.1) is 13.8 Å². The molecule has 0 saturated heterocycles. The van der Waals surface area contributed by atoms with E-state index in [2.05, 4.69) is 31.0 Å². The van der Waals surface area contributed by atoms with Gasteiger partial charge in [0.25, 0.3) is 0 Å². The van der Waals surface area contributed by atoms with Gasteiger partial charge in [0.05, 0.1) is 24.2 Å². The van der Waals surface area contributed by atoms with Crippen LogP contribution in [0.5, 0.6) is 0 Å². The third-order valence-corrected chi connectivity index (χ3v) is 7.64. The maximum atomic E-state index is 12.5. The first kappa shape index (κ1) is 27.1. The molecule has 4 aromatic rings. The Morgan fingerprint density at radius 2 is 1.10 bits per heavy atom. The first-order valence-corrected chi connectivity index (χ1v) is 13.8. The smallest absolute Gasteiger partial charge is 0.230 e. The lowest BCUT2D eigenvalue weighted by Crippen LogP contribution is -2.19. The van der Waals surface area contributed by atoms with E-state index in [0.29, 0.717) is 24.5 Å². The topological polar surface area (TPSA) is 110 Å². The number of carbonyl (C=O) groups excluding carboxylic acids is 2.